The second-order valence-corrected chi connectivity index (χ2v) is 11.3. The SMILES string of the molecule is Cc1nc(C(C)(C)O)sc1[S@](N)(=O)=NC(=O)Nc1c2c(c(F)c3c1CCC3)CCC2. The molecule has 0 bridgehead atoms. The average Bonchev–Trinajstić information content (AvgIpc) is 3.36. The number of nitrogens with one attached hydrogen (secondary N) is 1. The lowest BCUT2D eigenvalue weighted by Gasteiger charge is -2.16. The van der Waals surface area contributed by atoms with Crippen LogP contribution < -0.4 is 10.5 Å². The number of nitrogens with two attached hydrogens (primary N) is 1. The Balaban J connectivity index is 1.70. The molecule has 0 unspecified atom stereocenters. The highest BCUT2D eigenvalue weighted by Gasteiger charge is 2.30. The van der Waals surface area contributed by atoms with Crippen LogP contribution in [0.15, 0.2) is 8.57 Å². The van der Waals surface area contributed by atoms with Gasteiger partial charge in [0, 0.05) is 5.69 Å². The monoisotopic (exact) mass is 452 g/mol. The van der Waals surface area contributed by atoms with Gasteiger partial charge < -0.3 is 10.4 Å². The molecular formula is C20H25FN4O3S2. The number of benzene rings is 1. The zero-order valence-corrected chi connectivity index (χ0v) is 18.8. The standard InChI is InChI=1S/C20H25FN4O3S2/c1-10-17(29-18(23-10)20(2,3)27)30(22,28)25-19(26)24-16-13-8-4-6-11(13)15(21)12-7-5-9-14(12)16/h27H,4-9H2,1-3H3,(H3,22,24,25,26,28)/t30-/m1/s1. The van der Waals surface area contributed by atoms with Crippen LogP contribution in [0.5, 0.6) is 0 Å². The molecule has 1 aromatic carbocycles. The maximum atomic E-state index is 14.8. The minimum atomic E-state index is -3.55. The molecule has 1 aromatic heterocycles. The van der Waals surface area contributed by atoms with Crippen LogP contribution in [0.25, 0.3) is 0 Å². The van der Waals surface area contributed by atoms with Crippen molar-refractivity contribution in [1.82, 2.24) is 4.98 Å². The van der Waals surface area contributed by atoms with Crippen molar-refractivity contribution in [3.8, 4) is 0 Å². The highest BCUT2D eigenvalue weighted by atomic mass is 32.2. The lowest BCUT2D eigenvalue weighted by molar-refractivity contribution is 0.0781. The first kappa shape index (κ1) is 21.4. The normalized spacial score (nSPS) is 17.4. The number of rotatable bonds is 3. The number of amides is 2. The Bertz CT molecular complexity index is 1140. The van der Waals surface area contributed by atoms with E-state index in [1.165, 1.54) is 0 Å². The molecule has 2 amide bonds. The molecule has 0 saturated carbocycles. The summed E-state index contributed by atoms with van der Waals surface area (Å²) in [6.45, 7) is 4.74. The number of hydrogen-bond acceptors (Lipinski definition) is 5. The summed E-state index contributed by atoms with van der Waals surface area (Å²) in [5.74, 6) is -0.132. The van der Waals surface area contributed by atoms with Crippen molar-refractivity contribution in [1.29, 1.82) is 0 Å². The fraction of sp³-hybridized carbons (Fsp3) is 0.500. The number of halogens is 1. The summed E-state index contributed by atoms with van der Waals surface area (Å²) in [6, 6.07) is -0.824. The van der Waals surface area contributed by atoms with Crippen molar-refractivity contribution in [3.63, 3.8) is 0 Å². The van der Waals surface area contributed by atoms with Crippen LogP contribution in [0.1, 0.15) is 59.6 Å². The summed E-state index contributed by atoms with van der Waals surface area (Å²) in [5.41, 5.74) is 2.74. The first-order valence-corrected chi connectivity index (χ1v) is 12.3. The Morgan fingerprint density at radius 2 is 1.73 bits per heavy atom. The molecule has 2 aliphatic rings. The Morgan fingerprint density at radius 1 is 1.20 bits per heavy atom. The Morgan fingerprint density at radius 3 is 2.23 bits per heavy atom. The molecule has 0 saturated heterocycles. The third-order valence-electron chi connectivity index (χ3n) is 5.56. The molecular weight excluding hydrogens is 427 g/mol. The zero-order chi connectivity index (χ0) is 21.8. The molecule has 0 spiro atoms. The first-order valence-electron chi connectivity index (χ1n) is 9.90. The third-order valence-corrected chi connectivity index (χ3v) is 9.06. The number of fused-ring (bicyclic) bond motifs is 2. The lowest BCUT2D eigenvalue weighted by Crippen LogP contribution is -2.19. The number of aryl methyl sites for hydroxylation is 1. The molecule has 1 heterocycles. The van der Waals surface area contributed by atoms with Gasteiger partial charge in [-0.15, -0.1) is 15.7 Å². The fourth-order valence-corrected chi connectivity index (χ4v) is 6.72. The summed E-state index contributed by atoms with van der Waals surface area (Å²) >= 11 is 0.979. The van der Waals surface area contributed by atoms with Crippen molar-refractivity contribution >= 4 is 33.0 Å². The number of anilines is 1. The molecule has 2 aromatic rings. The number of urea groups is 1. The molecule has 4 rings (SSSR count). The van der Waals surface area contributed by atoms with Crippen molar-refractivity contribution in [2.45, 2.75) is 69.1 Å². The van der Waals surface area contributed by atoms with E-state index in [1.54, 1.807) is 20.8 Å². The largest absolute Gasteiger partial charge is 0.383 e. The van der Waals surface area contributed by atoms with E-state index in [0.717, 1.165) is 35.3 Å². The maximum Gasteiger partial charge on any atom is 0.354 e. The Labute approximate surface area is 179 Å². The van der Waals surface area contributed by atoms with Crippen LogP contribution >= 0.6 is 11.3 Å². The lowest BCUT2D eigenvalue weighted by atomic mass is 9.98. The van der Waals surface area contributed by atoms with Crippen molar-refractivity contribution in [2.75, 3.05) is 5.32 Å². The number of thiazole rings is 1. The van der Waals surface area contributed by atoms with E-state index in [-0.39, 0.29) is 10.0 Å². The van der Waals surface area contributed by atoms with E-state index in [2.05, 4.69) is 14.7 Å². The van der Waals surface area contributed by atoms with Gasteiger partial charge in [-0.3, -0.25) is 0 Å². The van der Waals surface area contributed by atoms with E-state index >= 15 is 0 Å². The summed E-state index contributed by atoms with van der Waals surface area (Å²) in [6.07, 6.45) is 4.36. The number of hydrogen-bond donors (Lipinski definition) is 3. The van der Waals surface area contributed by atoms with E-state index in [9.17, 15) is 18.5 Å². The fourth-order valence-electron chi connectivity index (χ4n) is 4.25. The van der Waals surface area contributed by atoms with Crippen molar-refractivity contribution in [3.05, 3.63) is 38.8 Å². The quantitative estimate of drug-likeness (QED) is 0.658. The number of carbonyl (C=O) groups is 1. The van der Waals surface area contributed by atoms with E-state index in [0.29, 0.717) is 53.2 Å². The molecule has 2 aliphatic carbocycles. The minimum Gasteiger partial charge on any atom is -0.383 e. The van der Waals surface area contributed by atoms with E-state index in [4.69, 9.17) is 5.14 Å². The summed E-state index contributed by atoms with van der Waals surface area (Å²) in [7, 11) is -3.55. The molecule has 30 heavy (non-hydrogen) atoms. The van der Waals surface area contributed by atoms with Gasteiger partial charge >= 0.3 is 6.03 Å². The van der Waals surface area contributed by atoms with Crippen LogP contribution in [-0.2, 0) is 41.2 Å². The summed E-state index contributed by atoms with van der Waals surface area (Å²) in [4.78, 5) is 16.9. The second kappa shape index (κ2) is 7.37. The molecule has 162 valence electrons. The van der Waals surface area contributed by atoms with Crippen LogP contribution in [0.4, 0.5) is 14.9 Å². The van der Waals surface area contributed by atoms with Gasteiger partial charge in [0.05, 0.1) is 5.69 Å². The molecule has 4 N–H and O–H groups in total. The summed E-state index contributed by atoms with van der Waals surface area (Å²) in [5, 5.41) is 19.2. The van der Waals surface area contributed by atoms with Gasteiger partial charge in [-0.1, -0.05) is 0 Å². The van der Waals surface area contributed by atoms with E-state index < -0.39 is 21.5 Å². The third kappa shape index (κ3) is 3.66. The highest BCUT2D eigenvalue weighted by molar-refractivity contribution is 7.93. The predicted molar refractivity (Wildman–Crippen MR) is 115 cm³/mol. The van der Waals surface area contributed by atoms with Crippen molar-refractivity contribution < 1.29 is 18.5 Å². The average molecular weight is 453 g/mol. The molecule has 1 atom stereocenters. The molecule has 0 radical (unpaired) electrons. The molecule has 7 nitrogen and oxygen atoms in total. The van der Waals surface area contributed by atoms with Gasteiger partial charge in [-0.25, -0.2) is 23.5 Å². The van der Waals surface area contributed by atoms with Gasteiger partial charge in [-0.05, 0) is 81.5 Å². The molecule has 0 aliphatic heterocycles. The number of aromatic nitrogens is 1. The van der Waals surface area contributed by atoms with Crippen LogP contribution in [0, 0.1) is 12.7 Å². The number of aliphatic hydroxyl groups is 1. The van der Waals surface area contributed by atoms with Gasteiger partial charge in [0.2, 0.25) is 0 Å². The van der Waals surface area contributed by atoms with Gasteiger partial charge in [0.1, 0.15) is 20.6 Å². The predicted octanol–water partition coefficient (Wildman–Crippen LogP) is 3.73. The highest BCUT2D eigenvalue weighted by Crippen LogP contribution is 2.41. The number of nitrogens with zero attached hydrogens (tertiary/aromatic N) is 2. The molecule has 10 heteroatoms. The number of carbonyl (C=O) groups excluding carboxylic acids is 1. The Hall–Kier alpha value is -1.88. The van der Waals surface area contributed by atoms with Gasteiger partial charge in [0.15, 0.2) is 9.92 Å². The van der Waals surface area contributed by atoms with Gasteiger partial charge in [-0.2, -0.15) is 0 Å². The zero-order valence-electron chi connectivity index (χ0n) is 17.2. The Kier molecular flexibility index (Phi) is 5.24. The van der Waals surface area contributed by atoms with E-state index in [1.807, 2.05) is 0 Å². The first-order chi connectivity index (χ1) is 14.0. The molecule has 0 fully saturated rings. The summed E-state index contributed by atoms with van der Waals surface area (Å²) < 4.78 is 31.8. The maximum absolute atomic E-state index is 14.8. The van der Waals surface area contributed by atoms with Crippen molar-refractivity contribution in [2.24, 2.45) is 9.50 Å². The second-order valence-electron chi connectivity index (χ2n) is 8.35. The minimum absolute atomic E-state index is 0.132. The topological polar surface area (TPSA) is 118 Å². The van der Waals surface area contributed by atoms with Crippen LogP contribution in [0.2, 0.25) is 0 Å². The van der Waals surface area contributed by atoms with Crippen LogP contribution in [0.3, 0.4) is 0 Å². The van der Waals surface area contributed by atoms with Gasteiger partial charge in [0.25, 0.3) is 0 Å². The van der Waals surface area contributed by atoms with Crippen LogP contribution in [-0.4, -0.2) is 20.3 Å². The smallest absolute Gasteiger partial charge is 0.354 e.